The van der Waals surface area contributed by atoms with Crippen molar-refractivity contribution in [1.82, 2.24) is 10.2 Å². The highest BCUT2D eigenvalue weighted by Gasteiger charge is 2.11. The van der Waals surface area contributed by atoms with E-state index in [1.54, 1.807) is 0 Å². The summed E-state index contributed by atoms with van der Waals surface area (Å²) in [4.78, 5) is 12.0. The topological polar surface area (TPSA) is 77.2 Å². The van der Waals surface area contributed by atoms with Crippen molar-refractivity contribution in [3.05, 3.63) is 64.5 Å². The van der Waals surface area contributed by atoms with Gasteiger partial charge in [0.2, 0.25) is 5.91 Å². The first-order valence-electron chi connectivity index (χ1n) is 7.78. The Morgan fingerprint density at radius 2 is 2.08 bits per heavy atom. The van der Waals surface area contributed by atoms with Crippen molar-refractivity contribution >= 4 is 39.3 Å². The Kier molecular flexibility index (Phi) is 6.30. The zero-order chi connectivity index (χ0) is 18.4. The quantitative estimate of drug-likeness (QED) is 0.554. The zero-order valence-electron chi connectivity index (χ0n) is 13.9. The van der Waals surface area contributed by atoms with E-state index in [0.29, 0.717) is 11.1 Å². The third kappa shape index (κ3) is 5.60. The van der Waals surface area contributed by atoms with E-state index in [1.807, 2.05) is 55.5 Å². The minimum atomic E-state index is -0.149. The number of halogens is 1. The fourth-order valence-corrected chi connectivity index (χ4v) is 3.08. The van der Waals surface area contributed by atoms with Crippen LogP contribution in [0.3, 0.4) is 0 Å². The van der Waals surface area contributed by atoms with Crippen molar-refractivity contribution in [2.45, 2.75) is 18.8 Å². The molecule has 0 aliphatic carbocycles. The number of carbonyl (C=O) groups is 1. The van der Waals surface area contributed by atoms with Gasteiger partial charge in [0, 0.05) is 10.2 Å². The van der Waals surface area contributed by atoms with E-state index >= 15 is 0 Å². The number of aromatic nitrogens is 2. The summed E-state index contributed by atoms with van der Waals surface area (Å²) < 4.78 is 12.0. The van der Waals surface area contributed by atoms with Gasteiger partial charge in [-0.1, -0.05) is 45.9 Å². The van der Waals surface area contributed by atoms with Crippen LogP contribution in [0.1, 0.15) is 11.5 Å². The first-order valence-corrected chi connectivity index (χ1v) is 9.56. The number of hydrogen-bond donors (Lipinski definition) is 1. The smallest absolute Gasteiger partial charge is 0.277 e. The van der Waals surface area contributed by atoms with E-state index in [1.165, 1.54) is 11.8 Å². The number of thioether (sulfide) groups is 1. The Balaban J connectivity index is 1.46. The molecule has 0 atom stereocenters. The molecule has 0 radical (unpaired) electrons. The van der Waals surface area contributed by atoms with E-state index in [-0.39, 0.29) is 18.3 Å². The minimum Gasteiger partial charge on any atom is -0.484 e. The van der Waals surface area contributed by atoms with Gasteiger partial charge in [-0.15, -0.1) is 10.2 Å². The van der Waals surface area contributed by atoms with Crippen molar-refractivity contribution in [2.24, 2.45) is 0 Å². The van der Waals surface area contributed by atoms with Crippen molar-refractivity contribution in [3.8, 4) is 5.75 Å². The van der Waals surface area contributed by atoms with Crippen LogP contribution < -0.4 is 10.1 Å². The van der Waals surface area contributed by atoms with E-state index < -0.39 is 0 Å². The largest absolute Gasteiger partial charge is 0.484 e. The van der Waals surface area contributed by atoms with Crippen LogP contribution in [0.15, 0.2) is 62.6 Å². The summed E-state index contributed by atoms with van der Waals surface area (Å²) in [5.74, 6) is 1.13. The molecular formula is C18H16BrN3O3S. The van der Waals surface area contributed by atoms with Crippen LogP contribution in [0, 0.1) is 6.92 Å². The molecule has 1 aromatic heterocycles. The van der Waals surface area contributed by atoms with E-state index in [0.717, 1.165) is 21.5 Å². The molecule has 0 aliphatic heterocycles. The number of anilines is 1. The molecule has 3 aromatic rings. The number of benzene rings is 2. The molecule has 0 fully saturated rings. The predicted octanol–water partition coefficient (Wildman–Crippen LogP) is 4.45. The number of rotatable bonds is 7. The molecule has 0 bridgehead atoms. The summed E-state index contributed by atoms with van der Waals surface area (Å²) in [6.07, 6.45) is 0. The molecule has 6 nitrogen and oxygen atoms in total. The lowest BCUT2D eigenvalue weighted by atomic mass is 10.2. The maximum absolute atomic E-state index is 12.0. The predicted molar refractivity (Wildman–Crippen MR) is 103 cm³/mol. The van der Waals surface area contributed by atoms with Crippen LogP contribution >= 0.6 is 27.7 Å². The number of nitrogens with one attached hydrogen (secondary N) is 1. The maximum Gasteiger partial charge on any atom is 0.277 e. The highest BCUT2D eigenvalue weighted by Crippen LogP contribution is 2.20. The standard InChI is InChI=1S/C18H16BrN3O3S/c1-12-4-2-7-15(8-12)24-10-17-21-22-18(25-17)26-11-16(23)20-14-6-3-5-13(19)9-14/h2-9H,10-11H2,1H3,(H,20,23). The van der Waals surface area contributed by atoms with Gasteiger partial charge in [0.05, 0.1) is 5.75 Å². The summed E-state index contributed by atoms with van der Waals surface area (Å²) in [5.41, 5.74) is 1.84. The fraction of sp³-hybridized carbons (Fsp3) is 0.167. The lowest BCUT2D eigenvalue weighted by molar-refractivity contribution is -0.113. The van der Waals surface area contributed by atoms with Gasteiger partial charge in [-0.3, -0.25) is 4.79 Å². The monoisotopic (exact) mass is 433 g/mol. The Morgan fingerprint density at radius 1 is 1.23 bits per heavy atom. The molecule has 0 aliphatic rings. The first kappa shape index (κ1) is 18.5. The molecule has 3 rings (SSSR count). The average Bonchev–Trinajstić information content (AvgIpc) is 3.06. The molecule has 0 spiro atoms. The van der Waals surface area contributed by atoms with E-state index in [9.17, 15) is 4.79 Å². The average molecular weight is 434 g/mol. The lowest BCUT2D eigenvalue weighted by Crippen LogP contribution is -2.13. The van der Waals surface area contributed by atoms with E-state index in [4.69, 9.17) is 9.15 Å². The summed E-state index contributed by atoms with van der Waals surface area (Å²) in [6.45, 7) is 2.18. The summed E-state index contributed by atoms with van der Waals surface area (Å²) in [6, 6.07) is 15.1. The Morgan fingerprint density at radius 3 is 2.88 bits per heavy atom. The van der Waals surface area contributed by atoms with Gasteiger partial charge in [-0.2, -0.15) is 0 Å². The molecule has 0 saturated carbocycles. The Labute approximate surface area is 163 Å². The third-order valence-electron chi connectivity index (χ3n) is 3.24. The lowest BCUT2D eigenvalue weighted by Gasteiger charge is -2.04. The molecule has 8 heteroatoms. The number of amides is 1. The molecule has 2 aromatic carbocycles. The number of ether oxygens (including phenoxy) is 1. The van der Waals surface area contributed by atoms with Gasteiger partial charge in [0.25, 0.3) is 11.1 Å². The van der Waals surface area contributed by atoms with Gasteiger partial charge in [0.15, 0.2) is 6.61 Å². The van der Waals surface area contributed by atoms with Crippen molar-refractivity contribution in [2.75, 3.05) is 11.1 Å². The summed E-state index contributed by atoms with van der Waals surface area (Å²) in [5, 5.41) is 11.0. The van der Waals surface area contributed by atoms with Crippen LogP contribution in [0.25, 0.3) is 0 Å². The zero-order valence-corrected chi connectivity index (χ0v) is 16.3. The van der Waals surface area contributed by atoms with Gasteiger partial charge in [0.1, 0.15) is 5.75 Å². The first-order chi connectivity index (χ1) is 12.6. The van der Waals surface area contributed by atoms with Crippen LogP contribution in [0.5, 0.6) is 5.75 Å². The highest BCUT2D eigenvalue weighted by molar-refractivity contribution is 9.10. The van der Waals surface area contributed by atoms with Crippen LogP contribution in [-0.4, -0.2) is 21.9 Å². The van der Waals surface area contributed by atoms with Crippen molar-refractivity contribution in [1.29, 1.82) is 0 Å². The van der Waals surface area contributed by atoms with Crippen molar-refractivity contribution in [3.63, 3.8) is 0 Å². The van der Waals surface area contributed by atoms with E-state index in [2.05, 4.69) is 31.4 Å². The molecule has 1 N–H and O–H groups in total. The summed E-state index contributed by atoms with van der Waals surface area (Å²) >= 11 is 4.54. The van der Waals surface area contributed by atoms with Crippen LogP contribution in [0.2, 0.25) is 0 Å². The second kappa shape index (κ2) is 8.86. The maximum atomic E-state index is 12.0. The second-order valence-corrected chi connectivity index (χ2v) is 7.26. The highest BCUT2D eigenvalue weighted by atomic mass is 79.9. The van der Waals surface area contributed by atoms with Gasteiger partial charge >= 0.3 is 0 Å². The fourth-order valence-electron chi connectivity index (χ4n) is 2.10. The van der Waals surface area contributed by atoms with Crippen LogP contribution in [-0.2, 0) is 11.4 Å². The van der Waals surface area contributed by atoms with Crippen molar-refractivity contribution < 1.29 is 13.9 Å². The number of carbonyl (C=O) groups excluding carboxylic acids is 1. The molecule has 26 heavy (non-hydrogen) atoms. The van der Waals surface area contributed by atoms with Crippen LogP contribution in [0.4, 0.5) is 5.69 Å². The van der Waals surface area contributed by atoms with Gasteiger partial charge in [-0.25, -0.2) is 0 Å². The van der Waals surface area contributed by atoms with Gasteiger partial charge in [-0.05, 0) is 42.8 Å². The SMILES string of the molecule is Cc1cccc(OCc2nnc(SCC(=O)Nc3cccc(Br)c3)o2)c1. The Bertz CT molecular complexity index is 901. The third-order valence-corrected chi connectivity index (χ3v) is 4.55. The molecule has 0 saturated heterocycles. The summed E-state index contributed by atoms with van der Waals surface area (Å²) in [7, 11) is 0. The Hall–Kier alpha value is -2.32. The minimum absolute atomic E-state index is 0.149. The number of aryl methyl sites for hydroxylation is 1. The number of nitrogens with zero attached hydrogens (tertiary/aromatic N) is 2. The molecule has 0 unspecified atom stereocenters. The molecule has 1 amide bonds. The van der Waals surface area contributed by atoms with Gasteiger partial charge < -0.3 is 14.5 Å². The normalized spacial score (nSPS) is 10.5. The molecule has 1 heterocycles. The molecule has 134 valence electrons. The second-order valence-electron chi connectivity index (χ2n) is 5.41. The molecular weight excluding hydrogens is 418 g/mol. The number of hydrogen-bond acceptors (Lipinski definition) is 6.